The Morgan fingerprint density at radius 1 is 1.24 bits per heavy atom. The highest BCUT2D eigenvalue weighted by Gasteiger charge is 2.20. The van der Waals surface area contributed by atoms with Crippen molar-refractivity contribution in [1.29, 1.82) is 0 Å². The first-order valence-electron chi connectivity index (χ1n) is 6.76. The van der Waals surface area contributed by atoms with Gasteiger partial charge in [0.05, 0.1) is 19.6 Å². The summed E-state index contributed by atoms with van der Waals surface area (Å²) in [6.07, 6.45) is 1.65. The predicted octanol–water partition coefficient (Wildman–Crippen LogP) is 0.804. The second-order valence-corrected chi connectivity index (χ2v) is 4.72. The molecule has 1 aliphatic rings. The highest BCUT2D eigenvalue weighted by atomic mass is 16.6. The van der Waals surface area contributed by atoms with E-state index in [0.717, 1.165) is 6.54 Å². The third-order valence-electron chi connectivity index (χ3n) is 3.37. The SMILES string of the molecule is [O-]N=[N+]([O-])N1CCN(CCN=Cc2ccccc2O)CC1. The molecule has 1 aliphatic heterocycles. The van der Waals surface area contributed by atoms with Crippen LogP contribution < -0.4 is 0 Å². The fourth-order valence-electron chi connectivity index (χ4n) is 2.14. The van der Waals surface area contributed by atoms with Crippen LogP contribution in [0.5, 0.6) is 5.75 Å². The van der Waals surface area contributed by atoms with Crippen LogP contribution in [0.4, 0.5) is 0 Å². The van der Waals surface area contributed by atoms with Crippen molar-refractivity contribution in [3.05, 3.63) is 40.2 Å². The summed E-state index contributed by atoms with van der Waals surface area (Å²) in [7, 11) is 0. The third-order valence-corrected chi connectivity index (χ3v) is 3.37. The summed E-state index contributed by atoms with van der Waals surface area (Å²) in [5.41, 5.74) is 0.696. The molecule has 0 amide bonds. The maximum atomic E-state index is 11.0. The second-order valence-electron chi connectivity index (χ2n) is 4.72. The van der Waals surface area contributed by atoms with Crippen LogP contribution in [0.15, 0.2) is 34.5 Å². The number of piperazine rings is 1. The standard InChI is InChI=1S/C13H19N5O3/c19-13-4-2-1-3-12(13)11-14-5-6-16-7-9-17(10-8-16)18(21)15-20/h1-4,11,19-20H,5-10H2/p-1. The number of phenolic OH excluding ortho intramolecular Hbond substituents is 1. The van der Waals surface area contributed by atoms with E-state index in [9.17, 15) is 15.5 Å². The predicted molar refractivity (Wildman–Crippen MR) is 78.0 cm³/mol. The number of hydrazine groups is 1. The first-order valence-corrected chi connectivity index (χ1v) is 6.76. The Kier molecular flexibility index (Phi) is 5.33. The number of rotatable bonds is 5. The third kappa shape index (κ3) is 4.32. The van der Waals surface area contributed by atoms with Gasteiger partial charge in [0, 0.05) is 36.4 Å². The van der Waals surface area contributed by atoms with Gasteiger partial charge >= 0.3 is 0 Å². The molecule has 0 spiro atoms. The van der Waals surface area contributed by atoms with Crippen LogP contribution in [-0.2, 0) is 0 Å². The normalized spacial score (nSPS) is 17.5. The molecule has 0 aromatic heterocycles. The van der Waals surface area contributed by atoms with Crippen LogP contribution in [0.2, 0.25) is 0 Å². The molecule has 8 heteroatoms. The number of para-hydroxylation sites is 1. The topological polar surface area (TPSA) is 101 Å². The summed E-state index contributed by atoms with van der Waals surface area (Å²) in [5.74, 6) is 0.215. The first kappa shape index (κ1) is 15.0. The highest BCUT2D eigenvalue weighted by molar-refractivity contribution is 5.83. The molecule has 1 aromatic carbocycles. The van der Waals surface area contributed by atoms with Gasteiger partial charge in [0.25, 0.3) is 0 Å². The van der Waals surface area contributed by atoms with Crippen molar-refractivity contribution in [2.75, 3.05) is 39.3 Å². The zero-order chi connectivity index (χ0) is 15.1. The maximum Gasteiger partial charge on any atom is 0.124 e. The molecule has 2 rings (SSSR count). The van der Waals surface area contributed by atoms with E-state index in [0.29, 0.717) is 38.3 Å². The Morgan fingerprint density at radius 2 is 1.95 bits per heavy atom. The number of hydrogen-bond acceptors (Lipinski definition) is 6. The first-order chi connectivity index (χ1) is 10.2. The van der Waals surface area contributed by atoms with Gasteiger partial charge in [-0.25, -0.2) is 0 Å². The Hall–Kier alpha value is -2.35. The van der Waals surface area contributed by atoms with E-state index in [1.807, 2.05) is 6.07 Å². The van der Waals surface area contributed by atoms with Crippen molar-refractivity contribution in [2.24, 2.45) is 10.3 Å². The van der Waals surface area contributed by atoms with Crippen molar-refractivity contribution in [1.82, 2.24) is 9.91 Å². The summed E-state index contributed by atoms with van der Waals surface area (Å²) in [6, 6.07) is 7.03. The summed E-state index contributed by atoms with van der Waals surface area (Å²) in [4.78, 5) is 6.55. The molecule has 1 N–H and O–H groups in total. The Labute approximate surface area is 122 Å². The largest absolute Gasteiger partial charge is 0.737 e. The van der Waals surface area contributed by atoms with Crippen molar-refractivity contribution < 1.29 is 10.1 Å². The maximum absolute atomic E-state index is 11.0. The zero-order valence-electron chi connectivity index (χ0n) is 11.6. The molecule has 114 valence electrons. The highest BCUT2D eigenvalue weighted by Crippen LogP contribution is 2.12. The Bertz CT molecular complexity index is 512. The molecule has 0 aliphatic carbocycles. The summed E-state index contributed by atoms with van der Waals surface area (Å²) in [6.45, 7) is 3.74. The van der Waals surface area contributed by atoms with Gasteiger partial charge in [0.2, 0.25) is 0 Å². The van der Waals surface area contributed by atoms with Crippen molar-refractivity contribution in [3.63, 3.8) is 0 Å². The van der Waals surface area contributed by atoms with E-state index in [4.69, 9.17) is 0 Å². The number of aromatic hydroxyl groups is 1. The molecule has 21 heavy (non-hydrogen) atoms. The number of benzene rings is 1. The second kappa shape index (κ2) is 7.44. The van der Waals surface area contributed by atoms with Crippen LogP contribution in [-0.4, -0.2) is 65.5 Å². The van der Waals surface area contributed by atoms with Gasteiger partial charge in [0.15, 0.2) is 0 Å². The molecule has 1 aromatic rings. The van der Waals surface area contributed by atoms with Crippen LogP contribution in [0.1, 0.15) is 5.56 Å². The molecule has 0 atom stereocenters. The molecule has 1 saturated heterocycles. The lowest BCUT2D eigenvalue weighted by atomic mass is 10.2. The minimum atomic E-state index is 0.105. The van der Waals surface area contributed by atoms with Crippen LogP contribution >= 0.6 is 0 Å². The number of hydrogen-bond donors (Lipinski definition) is 1. The van der Waals surface area contributed by atoms with Crippen LogP contribution in [0.25, 0.3) is 0 Å². The molecule has 0 saturated carbocycles. The summed E-state index contributed by atoms with van der Waals surface area (Å²) < 4.78 is 0. The fourth-order valence-corrected chi connectivity index (χ4v) is 2.14. The average Bonchev–Trinajstić information content (AvgIpc) is 2.53. The minimum absolute atomic E-state index is 0.105. The molecule has 0 bridgehead atoms. The molecule has 1 heterocycles. The number of aliphatic imine (C=N–C) groups is 1. The van der Waals surface area contributed by atoms with Gasteiger partial charge in [-0.3, -0.25) is 9.89 Å². The molecule has 8 nitrogen and oxygen atoms in total. The van der Waals surface area contributed by atoms with Crippen LogP contribution in [0.3, 0.4) is 0 Å². The van der Waals surface area contributed by atoms with Gasteiger partial charge in [-0.05, 0) is 17.4 Å². The van der Waals surface area contributed by atoms with E-state index in [1.165, 1.54) is 5.01 Å². The van der Waals surface area contributed by atoms with E-state index in [-0.39, 0.29) is 10.7 Å². The lowest BCUT2D eigenvalue weighted by molar-refractivity contribution is -0.692. The molecular weight excluding hydrogens is 274 g/mol. The van der Waals surface area contributed by atoms with Gasteiger partial charge in [-0.2, -0.15) is 0 Å². The van der Waals surface area contributed by atoms with Gasteiger partial charge in [0.1, 0.15) is 5.75 Å². The van der Waals surface area contributed by atoms with Gasteiger partial charge in [-0.15, -0.1) is 5.01 Å². The van der Waals surface area contributed by atoms with E-state index < -0.39 is 0 Å². The molecule has 0 unspecified atom stereocenters. The molecular formula is C13H18N5O3-. The zero-order valence-corrected chi connectivity index (χ0v) is 11.6. The van der Waals surface area contributed by atoms with Crippen LogP contribution in [0, 0.1) is 10.4 Å². The Morgan fingerprint density at radius 3 is 2.62 bits per heavy atom. The lowest BCUT2D eigenvalue weighted by Gasteiger charge is -2.31. The van der Waals surface area contributed by atoms with E-state index in [2.05, 4.69) is 15.2 Å². The summed E-state index contributed by atoms with van der Waals surface area (Å²) >= 11 is 0. The lowest BCUT2D eigenvalue weighted by Crippen LogP contribution is -2.49. The number of nitrogens with zero attached hydrogens (tertiary/aromatic N) is 5. The van der Waals surface area contributed by atoms with E-state index in [1.54, 1.807) is 24.4 Å². The minimum Gasteiger partial charge on any atom is -0.737 e. The average molecular weight is 292 g/mol. The Balaban J connectivity index is 1.72. The van der Waals surface area contributed by atoms with E-state index >= 15 is 0 Å². The smallest absolute Gasteiger partial charge is 0.124 e. The summed E-state index contributed by atoms with van der Waals surface area (Å²) in [5, 5.41) is 34.4. The molecule has 1 fully saturated rings. The number of phenols is 1. The monoisotopic (exact) mass is 292 g/mol. The van der Waals surface area contributed by atoms with Crippen molar-refractivity contribution in [2.45, 2.75) is 0 Å². The quantitative estimate of drug-likeness (QED) is 0.374. The van der Waals surface area contributed by atoms with Gasteiger partial charge < -0.3 is 15.5 Å². The fraction of sp³-hybridized carbons (Fsp3) is 0.462. The van der Waals surface area contributed by atoms with Gasteiger partial charge in [-0.1, -0.05) is 12.1 Å². The van der Waals surface area contributed by atoms with Crippen molar-refractivity contribution in [3.8, 4) is 5.75 Å². The van der Waals surface area contributed by atoms with Crippen molar-refractivity contribution >= 4 is 6.21 Å². The molecule has 0 radical (unpaired) electrons.